The van der Waals surface area contributed by atoms with Crippen LogP contribution in [-0.4, -0.2) is 37.2 Å². The molecular weight excluding hydrogens is 985 g/mol. The molecule has 0 aromatic heterocycles. The van der Waals surface area contributed by atoms with Crippen molar-refractivity contribution in [1.29, 1.82) is 0 Å². The van der Waals surface area contributed by atoms with Crippen LogP contribution in [0.2, 0.25) is 0 Å². The fraction of sp³-hybridized carbons (Fsp3) is 0.824. The van der Waals surface area contributed by atoms with Crippen LogP contribution in [0.5, 0.6) is 0 Å². The average Bonchev–Trinajstić information content (AvgIpc) is 3.46. The maximum atomic E-state index is 13.0. The van der Waals surface area contributed by atoms with Gasteiger partial charge in [0.25, 0.3) is 0 Å². The summed E-state index contributed by atoms with van der Waals surface area (Å²) in [6, 6.07) is 0. The van der Waals surface area contributed by atoms with Crippen molar-refractivity contribution in [2.75, 3.05) is 13.2 Å². The Balaban J connectivity index is 4.32. The van der Waals surface area contributed by atoms with Crippen LogP contribution < -0.4 is 0 Å². The van der Waals surface area contributed by atoms with Crippen molar-refractivity contribution >= 4 is 17.9 Å². The van der Waals surface area contributed by atoms with Gasteiger partial charge in [0, 0.05) is 19.3 Å². The minimum absolute atomic E-state index is 0.0700. The number of hydrogen-bond donors (Lipinski definition) is 0. The molecule has 0 aromatic carbocycles. The quantitative estimate of drug-likeness (QED) is 0.0261. The third kappa shape index (κ3) is 65.9. The molecular formula is C74H134O6. The third-order valence-electron chi connectivity index (χ3n) is 15.8. The summed E-state index contributed by atoms with van der Waals surface area (Å²) in [6.07, 6.45) is 88.1. The SMILES string of the molecule is CC/C=C\C/C=C\C/C=C\C/C=C\C/C=C\CCCCCCCCCCCC(=O)OCC(COC(=O)CCCCCCCCCCCCCCCCCCC)OC(=O)CCCCCCCCCCCCCCCCCCCCCC. The lowest BCUT2D eigenvalue weighted by molar-refractivity contribution is -0.167. The lowest BCUT2D eigenvalue weighted by atomic mass is 10.0. The highest BCUT2D eigenvalue weighted by Gasteiger charge is 2.19. The number of hydrogen-bond acceptors (Lipinski definition) is 6. The van der Waals surface area contributed by atoms with Crippen molar-refractivity contribution in [3.63, 3.8) is 0 Å². The van der Waals surface area contributed by atoms with E-state index in [2.05, 4.69) is 81.5 Å². The van der Waals surface area contributed by atoms with E-state index >= 15 is 0 Å². The van der Waals surface area contributed by atoms with Crippen LogP contribution in [0.4, 0.5) is 0 Å². The lowest BCUT2D eigenvalue weighted by Crippen LogP contribution is -2.30. The van der Waals surface area contributed by atoms with Gasteiger partial charge in [-0.25, -0.2) is 0 Å². The first-order valence-corrected chi connectivity index (χ1v) is 35.3. The first kappa shape index (κ1) is 77.1. The second-order valence-corrected chi connectivity index (χ2v) is 23.8. The molecule has 0 fully saturated rings. The molecule has 0 spiro atoms. The van der Waals surface area contributed by atoms with Crippen molar-refractivity contribution in [3.8, 4) is 0 Å². The summed E-state index contributed by atoms with van der Waals surface area (Å²) in [7, 11) is 0. The van der Waals surface area contributed by atoms with Crippen molar-refractivity contribution in [2.24, 2.45) is 0 Å². The van der Waals surface area contributed by atoms with Gasteiger partial charge in [-0.3, -0.25) is 14.4 Å². The molecule has 6 heteroatoms. The largest absolute Gasteiger partial charge is 0.462 e. The Morgan fingerprint density at radius 3 is 0.762 bits per heavy atom. The Hall–Kier alpha value is -2.89. The normalized spacial score (nSPS) is 12.4. The fourth-order valence-corrected chi connectivity index (χ4v) is 10.5. The molecule has 0 saturated heterocycles. The van der Waals surface area contributed by atoms with E-state index in [-0.39, 0.29) is 31.1 Å². The summed E-state index contributed by atoms with van der Waals surface area (Å²) in [4.78, 5) is 38.5. The number of esters is 3. The number of unbranched alkanes of at least 4 members (excludes halogenated alkanes) is 44. The van der Waals surface area contributed by atoms with Crippen LogP contribution >= 0.6 is 0 Å². The van der Waals surface area contributed by atoms with Crippen LogP contribution in [-0.2, 0) is 28.6 Å². The molecule has 0 heterocycles. The molecule has 0 aliphatic carbocycles. The van der Waals surface area contributed by atoms with E-state index < -0.39 is 6.10 Å². The summed E-state index contributed by atoms with van der Waals surface area (Å²) >= 11 is 0. The minimum atomic E-state index is -0.775. The van der Waals surface area contributed by atoms with Crippen LogP contribution in [0.25, 0.3) is 0 Å². The molecule has 0 aliphatic rings. The van der Waals surface area contributed by atoms with Crippen molar-refractivity contribution in [3.05, 3.63) is 60.8 Å². The van der Waals surface area contributed by atoms with Crippen LogP contribution in [0.3, 0.4) is 0 Å². The number of carbonyl (C=O) groups excluding carboxylic acids is 3. The Labute approximate surface area is 498 Å². The van der Waals surface area contributed by atoms with E-state index in [0.29, 0.717) is 19.3 Å². The lowest BCUT2D eigenvalue weighted by Gasteiger charge is -2.18. The van der Waals surface area contributed by atoms with Crippen LogP contribution in [0, 0.1) is 0 Å². The Kier molecular flexibility index (Phi) is 66.1. The van der Waals surface area contributed by atoms with Crippen molar-refractivity contribution < 1.29 is 28.6 Å². The molecule has 0 radical (unpaired) electrons. The molecule has 0 aromatic rings. The smallest absolute Gasteiger partial charge is 0.306 e. The average molecular weight is 1120 g/mol. The Morgan fingerprint density at radius 2 is 0.487 bits per heavy atom. The molecule has 80 heavy (non-hydrogen) atoms. The first-order chi connectivity index (χ1) is 39.5. The van der Waals surface area contributed by atoms with E-state index in [9.17, 15) is 14.4 Å². The molecule has 0 N–H and O–H groups in total. The topological polar surface area (TPSA) is 78.9 Å². The second kappa shape index (κ2) is 68.6. The molecule has 0 saturated carbocycles. The predicted octanol–water partition coefficient (Wildman–Crippen LogP) is 24.3. The fourth-order valence-electron chi connectivity index (χ4n) is 10.5. The number of carbonyl (C=O) groups is 3. The molecule has 0 rings (SSSR count). The van der Waals surface area contributed by atoms with E-state index in [0.717, 1.165) is 96.3 Å². The van der Waals surface area contributed by atoms with Gasteiger partial charge in [-0.15, -0.1) is 0 Å². The molecule has 466 valence electrons. The van der Waals surface area contributed by atoms with E-state index in [4.69, 9.17) is 14.2 Å². The highest BCUT2D eigenvalue weighted by Crippen LogP contribution is 2.18. The second-order valence-electron chi connectivity index (χ2n) is 23.8. The van der Waals surface area contributed by atoms with Gasteiger partial charge in [-0.1, -0.05) is 351 Å². The summed E-state index contributed by atoms with van der Waals surface area (Å²) in [5, 5.41) is 0. The summed E-state index contributed by atoms with van der Waals surface area (Å²) in [5.74, 6) is -0.848. The zero-order chi connectivity index (χ0) is 57.8. The summed E-state index contributed by atoms with van der Waals surface area (Å²) in [5.41, 5.74) is 0. The number of ether oxygens (including phenoxy) is 3. The van der Waals surface area contributed by atoms with Crippen LogP contribution in [0.1, 0.15) is 374 Å². The Morgan fingerprint density at radius 1 is 0.263 bits per heavy atom. The Bertz CT molecular complexity index is 1430. The molecule has 1 atom stereocenters. The van der Waals surface area contributed by atoms with Gasteiger partial charge in [0.05, 0.1) is 0 Å². The number of allylic oxidation sites excluding steroid dienone is 10. The highest BCUT2D eigenvalue weighted by atomic mass is 16.6. The highest BCUT2D eigenvalue weighted by molar-refractivity contribution is 5.71. The van der Waals surface area contributed by atoms with Gasteiger partial charge in [0.15, 0.2) is 6.10 Å². The molecule has 0 amide bonds. The monoisotopic (exact) mass is 1120 g/mol. The van der Waals surface area contributed by atoms with E-state index in [1.165, 1.54) is 238 Å². The van der Waals surface area contributed by atoms with Crippen molar-refractivity contribution in [1.82, 2.24) is 0 Å². The standard InChI is InChI=1S/C74H134O6/c1-4-7-10-13-16-19-22-25-28-31-33-35-36-37-38-39-41-43-46-49-52-55-58-61-64-67-73(76)79-70-71(69-78-72(75)66-63-60-57-54-51-48-45-42-30-27-24-21-18-15-12-9-6-3)80-74(77)68-65-62-59-56-53-50-47-44-40-34-32-29-26-23-20-17-14-11-8-5-2/h7,10,16,19,25,28,33,35,37-38,71H,4-6,8-9,11-15,17-18,20-24,26-27,29-32,34,36,39-70H2,1-3H3/b10-7-,19-16-,28-25-,35-33-,38-37-. The zero-order valence-corrected chi connectivity index (χ0v) is 53.6. The third-order valence-corrected chi connectivity index (χ3v) is 15.8. The molecule has 6 nitrogen and oxygen atoms in total. The zero-order valence-electron chi connectivity index (χ0n) is 53.6. The van der Waals surface area contributed by atoms with Gasteiger partial charge in [-0.05, 0) is 64.2 Å². The van der Waals surface area contributed by atoms with E-state index in [1.54, 1.807) is 0 Å². The van der Waals surface area contributed by atoms with Gasteiger partial charge in [0.2, 0.25) is 0 Å². The van der Waals surface area contributed by atoms with Gasteiger partial charge >= 0.3 is 17.9 Å². The molecule has 1 unspecified atom stereocenters. The maximum Gasteiger partial charge on any atom is 0.306 e. The predicted molar refractivity (Wildman–Crippen MR) is 348 cm³/mol. The van der Waals surface area contributed by atoms with Crippen molar-refractivity contribution in [2.45, 2.75) is 380 Å². The maximum absolute atomic E-state index is 13.0. The minimum Gasteiger partial charge on any atom is -0.462 e. The van der Waals surface area contributed by atoms with E-state index in [1.807, 2.05) is 0 Å². The van der Waals surface area contributed by atoms with Gasteiger partial charge in [-0.2, -0.15) is 0 Å². The first-order valence-electron chi connectivity index (χ1n) is 35.3. The molecule has 0 bridgehead atoms. The van der Waals surface area contributed by atoms with Crippen LogP contribution in [0.15, 0.2) is 60.8 Å². The molecule has 0 aliphatic heterocycles. The number of rotatable bonds is 65. The van der Waals surface area contributed by atoms with Gasteiger partial charge in [0.1, 0.15) is 13.2 Å². The summed E-state index contributed by atoms with van der Waals surface area (Å²) in [6.45, 7) is 6.60. The summed E-state index contributed by atoms with van der Waals surface area (Å²) < 4.78 is 17.0. The van der Waals surface area contributed by atoms with Gasteiger partial charge < -0.3 is 14.2 Å².